The van der Waals surface area contributed by atoms with Crippen molar-refractivity contribution in [3.8, 4) is 11.5 Å². The molecule has 1 aromatic heterocycles. The first kappa shape index (κ1) is 20.1. The Balaban J connectivity index is 1.50. The summed E-state index contributed by atoms with van der Waals surface area (Å²) in [5, 5.41) is 3.55. The van der Waals surface area contributed by atoms with E-state index < -0.39 is 6.29 Å². The molecule has 0 aliphatic carbocycles. The van der Waals surface area contributed by atoms with Gasteiger partial charge in [-0.1, -0.05) is 23.9 Å². The van der Waals surface area contributed by atoms with Crippen LogP contribution in [0.4, 0.5) is 14.5 Å². The minimum Gasteiger partial charge on any atom is -0.395 e. The van der Waals surface area contributed by atoms with Gasteiger partial charge in [-0.05, 0) is 38.1 Å². The number of benzene rings is 2. The summed E-state index contributed by atoms with van der Waals surface area (Å²) in [5.41, 5.74) is 0.669. The molecule has 0 fully saturated rings. The standard InChI is InChI=1S/C20H17F2N3O4S/c1-11(2)25-18(27)13-5-3-4-6-14(13)24-19(25)30-10-17(26)23-12-7-8-15-16(9-12)29-20(21,22)28-15/h3-9,11H,10H2,1-2H3,(H,23,26). The third kappa shape index (κ3) is 3.95. The minimum absolute atomic E-state index is 0.0257. The smallest absolute Gasteiger partial charge is 0.395 e. The Bertz CT molecular complexity index is 1200. The molecule has 0 atom stereocenters. The van der Waals surface area contributed by atoms with Crippen LogP contribution in [0.1, 0.15) is 19.9 Å². The SMILES string of the molecule is CC(C)n1c(SCC(=O)Nc2ccc3c(c2)OC(F)(F)O3)nc2ccccc2c1=O. The number of para-hydroxylation sites is 1. The third-order valence-corrected chi connectivity index (χ3v) is 5.26. The molecular formula is C20H17F2N3O4S. The average molecular weight is 433 g/mol. The number of halogens is 2. The van der Waals surface area contributed by atoms with Gasteiger partial charge >= 0.3 is 6.29 Å². The molecule has 1 aliphatic heterocycles. The second kappa shape index (κ2) is 7.60. The highest BCUT2D eigenvalue weighted by atomic mass is 32.2. The van der Waals surface area contributed by atoms with E-state index in [4.69, 9.17) is 0 Å². The van der Waals surface area contributed by atoms with Gasteiger partial charge in [-0.15, -0.1) is 8.78 Å². The number of hydrogen-bond donors (Lipinski definition) is 1. The summed E-state index contributed by atoms with van der Waals surface area (Å²) in [4.78, 5) is 29.7. The largest absolute Gasteiger partial charge is 0.586 e. The fourth-order valence-corrected chi connectivity index (χ4v) is 3.96. The van der Waals surface area contributed by atoms with E-state index in [0.29, 0.717) is 16.1 Å². The van der Waals surface area contributed by atoms with Crippen molar-refractivity contribution in [1.82, 2.24) is 9.55 Å². The number of nitrogens with zero attached hydrogens (tertiary/aromatic N) is 2. The molecule has 1 aliphatic rings. The zero-order valence-corrected chi connectivity index (χ0v) is 16.8. The molecular weight excluding hydrogens is 416 g/mol. The van der Waals surface area contributed by atoms with E-state index in [2.05, 4.69) is 19.8 Å². The number of anilines is 1. The molecule has 0 unspecified atom stereocenters. The predicted molar refractivity (Wildman–Crippen MR) is 108 cm³/mol. The van der Waals surface area contributed by atoms with E-state index in [1.54, 1.807) is 28.8 Å². The molecule has 0 saturated heterocycles. The molecule has 1 amide bonds. The molecule has 4 rings (SSSR count). The van der Waals surface area contributed by atoms with Crippen LogP contribution in [0.2, 0.25) is 0 Å². The second-order valence-electron chi connectivity index (χ2n) is 6.85. The van der Waals surface area contributed by atoms with Gasteiger partial charge in [-0.2, -0.15) is 0 Å². The number of amides is 1. The lowest BCUT2D eigenvalue weighted by Gasteiger charge is -2.16. The normalized spacial score (nSPS) is 14.3. The van der Waals surface area contributed by atoms with E-state index in [9.17, 15) is 18.4 Å². The van der Waals surface area contributed by atoms with Crippen LogP contribution >= 0.6 is 11.8 Å². The van der Waals surface area contributed by atoms with Gasteiger partial charge in [0.15, 0.2) is 16.7 Å². The van der Waals surface area contributed by atoms with Crippen molar-refractivity contribution in [3.05, 3.63) is 52.8 Å². The van der Waals surface area contributed by atoms with Crippen LogP contribution < -0.4 is 20.3 Å². The molecule has 30 heavy (non-hydrogen) atoms. The lowest BCUT2D eigenvalue weighted by Crippen LogP contribution is -2.26. The summed E-state index contributed by atoms with van der Waals surface area (Å²) < 4.78 is 36.5. The van der Waals surface area contributed by atoms with Crippen LogP contribution in [-0.4, -0.2) is 27.5 Å². The summed E-state index contributed by atoms with van der Waals surface area (Å²) >= 11 is 1.12. The lowest BCUT2D eigenvalue weighted by atomic mass is 10.2. The van der Waals surface area contributed by atoms with Gasteiger partial charge in [0, 0.05) is 17.8 Å². The summed E-state index contributed by atoms with van der Waals surface area (Å²) in [5.74, 6) is -0.672. The molecule has 2 aromatic carbocycles. The molecule has 7 nitrogen and oxygen atoms in total. The number of nitrogens with one attached hydrogen (secondary N) is 1. The van der Waals surface area contributed by atoms with Crippen LogP contribution in [0.5, 0.6) is 11.5 Å². The zero-order valence-electron chi connectivity index (χ0n) is 16.0. The van der Waals surface area contributed by atoms with E-state index in [0.717, 1.165) is 11.8 Å². The number of aromatic nitrogens is 2. The van der Waals surface area contributed by atoms with Gasteiger partial charge in [0.1, 0.15) is 0 Å². The van der Waals surface area contributed by atoms with Gasteiger partial charge < -0.3 is 14.8 Å². The van der Waals surface area contributed by atoms with Crippen molar-refractivity contribution >= 4 is 34.3 Å². The fourth-order valence-electron chi connectivity index (χ4n) is 3.04. The quantitative estimate of drug-likeness (QED) is 0.483. The summed E-state index contributed by atoms with van der Waals surface area (Å²) in [6, 6.07) is 10.9. The highest BCUT2D eigenvalue weighted by Crippen LogP contribution is 2.42. The van der Waals surface area contributed by atoms with Gasteiger partial charge in [0.25, 0.3) is 5.56 Å². The third-order valence-electron chi connectivity index (χ3n) is 4.31. The molecule has 0 radical (unpaired) electrons. The monoisotopic (exact) mass is 433 g/mol. The number of rotatable bonds is 5. The summed E-state index contributed by atoms with van der Waals surface area (Å²) in [6.07, 6.45) is -3.72. The maximum Gasteiger partial charge on any atom is 0.586 e. The Morgan fingerprint density at radius 2 is 1.93 bits per heavy atom. The molecule has 2 heterocycles. The van der Waals surface area contributed by atoms with E-state index >= 15 is 0 Å². The van der Waals surface area contributed by atoms with E-state index in [1.807, 2.05) is 13.8 Å². The lowest BCUT2D eigenvalue weighted by molar-refractivity contribution is -0.286. The summed E-state index contributed by atoms with van der Waals surface area (Å²) in [6.45, 7) is 3.73. The molecule has 10 heteroatoms. The number of carbonyl (C=O) groups is 1. The number of ether oxygens (including phenoxy) is 2. The van der Waals surface area contributed by atoms with Crippen LogP contribution in [-0.2, 0) is 4.79 Å². The van der Waals surface area contributed by atoms with Crippen molar-refractivity contribution in [2.75, 3.05) is 11.1 Å². The maximum atomic E-state index is 13.1. The van der Waals surface area contributed by atoms with E-state index in [-0.39, 0.29) is 40.4 Å². The molecule has 3 aromatic rings. The highest BCUT2D eigenvalue weighted by molar-refractivity contribution is 7.99. The highest BCUT2D eigenvalue weighted by Gasteiger charge is 2.43. The van der Waals surface area contributed by atoms with Crippen molar-refractivity contribution in [1.29, 1.82) is 0 Å². The topological polar surface area (TPSA) is 82.5 Å². The van der Waals surface area contributed by atoms with Crippen molar-refractivity contribution in [3.63, 3.8) is 0 Å². The maximum absolute atomic E-state index is 13.1. The fraction of sp³-hybridized carbons (Fsp3) is 0.250. The van der Waals surface area contributed by atoms with Crippen LogP contribution in [0.15, 0.2) is 52.4 Å². The Hall–Kier alpha value is -3.14. The zero-order chi connectivity index (χ0) is 21.5. The minimum atomic E-state index is -3.72. The molecule has 156 valence electrons. The summed E-state index contributed by atoms with van der Waals surface area (Å²) in [7, 11) is 0. The Kier molecular flexibility index (Phi) is 5.10. The Morgan fingerprint density at radius 1 is 1.20 bits per heavy atom. The van der Waals surface area contributed by atoms with Crippen molar-refractivity contribution < 1.29 is 23.0 Å². The van der Waals surface area contributed by atoms with Gasteiger partial charge in [-0.25, -0.2) is 4.98 Å². The number of alkyl halides is 2. The molecule has 1 N–H and O–H groups in total. The number of carbonyl (C=O) groups excluding carboxylic acids is 1. The van der Waals surface area contributed by atoms with Crippen LogP contribution in [0.25, 0.3) is 10.9 Å². The van der Waals surface area contributed by atoms with Crippen LogP contribution in [0, 0.1) is 0 Å². The average Bonchev–Trinajstić information content (AvgIpc) is 2.99. The first-order chi connectivity index (χ1) is 14.2. The number of thioether (sulfide) groups is 1. The number of hydrogen-bond acceptors (Lipinski definition) is 6. The van der Waals surface area contributed by atoms with Gasteiger partial charge in [0.2, 0.25) is 5.91 Å². The van der Waals surface area contributed by atoms with Crippen molar-refractivity contribution in [2.45, 2.75) is 31.3 Å². The second-order valence-corrected chi connectivity index (χ2v) is 7.79. The first-order valence-electron chi connectivity index (χ1n) is 9.07. The molecule has 0 bridgehead atoms. The molecule has 0 saturated carbocycles. The van der Waals surface area contributed by atoms with Gasteiger partial charge in [0.05, 0.1) is 16.7 Å². The van der Waals surface area contributed by atoms with Gasteiger partial charge in [-0.3, -0.25) is 14.2 Å². The number of fused-ring (bicyclic) bond motifs is 2. The predicted octanol–water partition coefficient (Wildman–Crippen LogP) is 4.03. The Morgan fingerprint density at radius 3 is 2.70 bits per heavy atom. The Labute approximate surface area is 174 Å². The molecule has 0 spiro atoms. The van der Waals surface area contributed by atoms with E-state index in [1.165, 1.54) is 18.2 Å². The van der Waals surface area contributed by atoms with Crippen LogP contribution in [0.3, 0.4) is 0 Å². The first-order valence-corrected chi connectivity index (χ1v) is 10.1. The van der Waals surface area contributed by atoms with Crippen molar-refractivity contribution in [2.24, 2.45) is 0 Å².